The lowest BCUT2D eigenvalue weighted by Gasteiger charge is -2.37. The largest absolute Gasteiger partial charge is 0.352 e. The van der Waals surface area contributed by atoms with Crippen LogP contribution in [0.15, 0.2) is 30.5 Å². The van der Waals surface area contributed by atoms with Gasteiger partial charge in [-0.1, -0.05) is 39.7 Å². The van der Waals surface area contributed by atoms with Gasteiger partial charge in [-0.05, 0) is 75.0 Å². The Balaban J connectivity index is 1.56. The average Bonchev–Trinajstić information content (AvgIpc) is 3.77. The molecule has 0 spiro atoms. The first-order valence-corrected chi connectivity index (χ1v) is 16.0. The topological polar surface area (TPSA) is 125 Å². The van der Waals surface area contributed by atoms with Gasteiger partial charge in [-0.2, -0.15) is 5.10 Å². The van der Waals surface area contributed by atoms with E-state index < -0.39 is 29.7 Å². The van der Waals surface area contributed by atoms with E-state index in [-0.39, 0.29) is 35.9 Å². The predicted molar refractivity (Wildman–Crippen MR) is 167 cm³/mol. The molecule has 2 aliphatic carbocycles. The number of aromatic nitrogens is 2. The second-order valence-corrected chi connectivity index (χ2v) is 12.5. The Morgan fingerprint density at radius 3 is 2.30 bits per heavy atom. The highest BCUT2D eigenvalue weighted by atomic mass is 19.1. The first-order valence-electron chi connectivity index (χ1n) is 16.0. The molecule has 10 nitrogen and oxygen atoms in total. The number of carbonyl (C=O) groups excluding carboxylic acids is 4. The SMILES string of the molecule is CCC(=O)N[C@@H](C(=O)N[C@@H](C)C1CC1)[C@@H](C)c1ccc(NC(=O)[C@H](C2CCC(C)CC2)N(C=O)c2ccnn2CC)c(F)c1. The van der Waals surface area contributed by atoms with Crippen LogP contribution in [0.3, 0.4) is 0 Å². The van der Waals surface area contributed by atoms with Crippen molar-refractivity contribution in [2.24, 2.45) is 17.8 Å². The molecule has 0 aliphatic heterocycles. The lowest BCUT2D eigenvalue weighted by atomic mass is 9.78. The quantitative estimate of drug-likeness (QED) is 0.266. The van der Waals surface area contributed by atoms with Crippen LogP contribution in [0.4, 0.5) is 15.9 Å². The van der Waals surface area contributed by atoms with E-state index in [0.717, 1.165) is 38.5 Å². The van der Waals surface area contributed by atoms with Crippen LogP contribution >= 0.6 is 0 Å². The van der Waals surface area contributed by atoms with Crippen molar-refractivity contribution in [1.82, 2.24) is 20.4 Å². The molecule has 1 heterocycles. The molecule has 44 heavy (non-hydrogen) atoms. The number of nitrogens with one attached hydrogen (secondary N) is 3. The van der Waals surface area contributed by atoms with Gasteiger partial charge in [-0.25, -0.2) is 9.07 Å². The summed E-state index contributed by atoms with van der Waals surface area (Å²) in [4.78, 5) is 53.3. The molecule has 11 heteroatoms. The van der Waals surface area contributed by atoms with Crippen LogP contribution in [0.25, 0.3) is 0 Å². The first kappa shape index (κ1) is 33.1. The summed E-state index contributed by atoms with van der Waals surface area (Å²) in [6.07, 6.45) is 8.03. The smallest absolute Gasteiger partial charge is 0.247 e. The van der Waals surface area contributed by atoms with Crippen LogP contribution < -0.4 is 20.9 Å². The highest BCUT2D eigenvalue weighted by Gasteiger charge is 2.38. The number of halogens is 1. The molecule has 0 radical (unpaired) electrons. The van der Waals surface area contributed by atoms with Gasteiger partial charge in [0, 0.05) is 31.0 Å². The van der Waals surface area contributed by atoms with Gasteiger partial charge in [0.05, 0.1) is 11.9 Å². The monoisotopic (exact) mass is 610 g/mol. The van der Waals surface area contributed by atoms with Crippen molar-refractivity contribution in [1.29, 1.82) is 0 Å². The summed E-state index contributed by atoms with van der Waals surface area (Å²) < 4.78 is 17.3. The van der Waals surface area contributed by atoms with Crippen molar-refractivity contribution >= 4 is 35.6 Å². The van der Waals surface area contributed by atoms with E-state index in [0.29, 0.717) is 36.2 Å². The average molecular weight is 611 g/mol. The van der Waals surface area contributed by atoms with Gasteiger partial charge in [-0.3, -0.25) is 24.1 Å². The maximum atomic E-state index is 15.6. The van der Waals surface area contributed by atoms with Gasteiger partial charge >= 0.3 is 0 Å². The number of hydrogen-bond acceptors (Lipinski definition) is 5. The number of amides is 4. The molecule has 0 unspecified atom stereocenters. The fraction of sp³-hybridized carbons (Fsp3) is 0.606. The number of aryl methyl sites for hydroxylation is 1. The molecular weight excluding hydrogens is 563 g/mol. The molecule has 4 rings (SSSR count). The van der Waals surface area contributed by atoms with Gasteiger partial charge in [0.1, 0.15) is 23.7 Å². The maximum Gasteiger partial charge on any atom is 0.247 e. The van der Waals surface area contributed by atoms with Crippen molar-refractivity contribution in [2.45, 2.75) is 110 Å². The van der Waals surface area contributed by atoms with Crippen LogP contribution in [-0.2, 0) is 25.7 Å². The lowest BCUT2D eigenvalue weighted by molar-refractivity contribution is -0.129. The van der Waals surface area contributed by atoms with Crippen molar-refractivity contribution in [3.8, 4) is 0 Å². The fourth-order valence-electron chi connectivity index (χ4n) is 6.26. The number of nitrogens with zero attached hydrogens (tertiary/aromatic N) is 3. The Bertz CT molecular complexity index is 1320. The summed E-state index contributed by atoms with van der Waals surface area (Å²) >= 11 is 0. The lowest BCUT2D eigenvalue weighted by Crippen LogP contribution is -2.51. The summed E-state index contributed by atoms with van der Waals surface area (Å²) in [5.41, 5.74) is 0.492. The van der Waals surface area contributed by atoms with Gasteiger partial charge in [0.2, 0.25) is 24.1 Å². The molecule has 4 amide bonds. The highest BCUT2D eigenvalue weighted by molar-refractivity contribution is 6.00. The summed E-state index contributed by atoms with van der Waals surface area (Å²) in [7, 11) is 0. The summed E-state index contributed by atoms with van der Waals surface area (Å²) in [5.74, 6) is -0.849. The predicted octanol–water partition coefficient (Wildman–Crippen LogP) is 4.75. The molecule has 240 valence electrons. The minimum atomic E-state index is -0.883. The molecule has 3 N–H and O–H groups in total. The van der Waals surface area contributed by atoms with Crippen molar-refractivity contribution < 1.29 is 23.6 Å². The minimum absolute atomic E-state index is 0.00716. The second-order valence-electron chi connectivity index (χ2n) is 12.5. The van der Waals surface area contributed by atoms with Gasteiger partial charge < -0.3 is 16.0 Å². The van der Waals surface area contributed by atoms with Crippen LogP contribution in [0.2, 0.25) is 0 Å². The number of anilines is 2. The van der Waals surface area contributed by atoms with Crippen molar-refractivity contribution in [2.75, 3.05) is 10.2 Å². The van der Waals surface area contributed by atoms with Crippen molar-refractivity contribution in [3.63, 3.8) is 0 Å². The maximum absolute atomic E-state index is 15.6. The first-order chi connectivity index (χ1) is 21.1. The second kappa shape index (κ2) is 14.8. The third kappa shape index (κ3) is 7.84. The molecule has 2 aliphatic rings. The molecule has 2 saturated carbocycles. The zero-order valence-corrected chi connectivity index (χ0v) is 26.5. The number of rotatable bonds is 14. The zero-order valence-electron chi connectivity index (χ0n) is 26.5. The van der Waals surface area contributed by atoms with E-state index >= 15 is 4.39 Å². The Morgan fingerprint density at radius 2 is 1.70 bits per heavy atom. The van der Waals surface area contributed by atoms with Gasteiger partial charge in [-0.15, -0.1) is 0 Å². The number of carbonyl (C=O) groups is 4. The van der Waals surface area contributed by atoms with E-state index in [9.17, 15) is 19.2 Å². The summed E-state index contributed by atoms with van der Waals surface area (Å²) in [6.45, 7) is 10.1. The standard InChI is InChI=1S/C33H47FN6O4/c1-6-28(42)38-30(32(43)36-22(5)23-12-13-23)21(4)25-14-15-27(26(34)18-25)37-33(44)31(24-10-8-20(3)9-11-24)39(19-41)29-16-17-35-40(29)7-2/h14-24,30-31H,6-13H2,1-5H3,(H,36,43)(H,37,44)(H,38,42)/t20?,21-,22-,24?,30+,31-/m0/s1. The van der Waals surface area contributed by atoms with E-state index in [1.165, 1.54) is 17.0 Å². The summed E-state index contributed by atoms with van der Waals surface area (Å²) in [5, 5.41) is 12.8. The van der Waals surface area contributed by atoms with E-state index in [2.05, 4.69) is 28.0 Å². The van der Waals surface area contributed by atoms with Gasteiger partial charge in [0.15, 0.2) is 0 Å². The molecule has 1 aromatic carbocycles. The zero-order chi connectivity index (χ0) is 32.0. The molecule has 4 atom stereocenters. The Hall–Kier alpha value is -3.76. The van der Waals surface area contributed by atoms with E-state index in [1.54, 1.807) is 36.9 Å². The normalized spacial score (nSPS) is 21.0. The molecular formula is C33H47FN6O4. The fourth-order valence-corrected chi connectivity index (χ4v) is 6.26. The van der Waals surface area contributed by atoms with Crippen LogP contribution in [0.1, 0.15) is 91.0 Å². The Kier molecular flexibility index (Phi) is 11.2. The van der Waals surface area contributed by atoms with Crippen LogP contribution in [-0.4, -0.2) is 52.0 Å². The van der Waals surface area contributed by atoms with Gasteiger partial charge in [0.25, 0.3) is 0 Å². The van der Waals surface area contributed by atoms with E-state index in [4.69, 9.17) is 0 Å². The minimum Gasteiger partial charge on any atom is -0.352 e. The van der Waals surface area contributed by atoms with Crippen LogP contribution in [0, 0.1) is 23.6 Å². The van der Waals surface area contributed by atoms with E-state index in [1.807, 2.05) is 13.8 Å². The highest BCUT2D eigenvalue weighted by Crippen LogP contribution is 2.35. The summed E-state index contributed by atoms with van der Waals surface area (Å²) in [6, 6.07) is 4.40. The molecule has 0 saturated heterocycles. The molecule has 2 fully saturated rings. The Morgan fingerprint density at radius 1 is 1.02 bits per heavy atom. The third-order valence-corrected chi connectivity index (χ3v) is 9.34. The third-order valence-electron chi connectivity index (χ3n) is 9.34. The molecule has 2 aromatic rings. The van der Waals surface area contributed by atoms with Crippen LogP contribution in [0.5, 0.6) is 0 Å². The number of benzene rings is 1. The molecule has 0 bridgehead atoms. The molecule has 1 aromatic heterocycles. The number of hydrogen-bond donors (Lipinski definition) is 3. The van der Waals surface area contributed by atoms with Crippen molar-refractivity contribution in [3.05, 3.63) is 41.8 Å². The Labute approximate surface area is 259 Å².